The number of aryl methyl sites for hydroxylation is 1. The molecule has 2 amide bonds. The number of rotatable bonds is 5. The minimum atomic E-state index is -0.726. The molecule has 0 aromatic heterocycles. The van der Waals surface area contributed by atoms with Crippen LogP contribution >= 0.6 is 0 Å². The van der Waals surface area contributed by atoms with Gasteiger partial charge in [0.2, 0.25) is 5.91 Å². The Labute approximate surface area is 156 Å². The fourth-order valence-corrected chi connectivity index (χ4v) is 2.30. The molecule has 0 saturated carbocycles. The van der Waals surface area contributed by atoms with E-state index in [2.05, 4.69) is 10.6 Å². The monoisotopic (exact) mass is 376 g/mol. The lowest BCUT2D eigenvalue weighted by molar-refractivity contribution is -0.116. The van der Waals surface area contributed by atoms with Crippen molar-refractivity contribution in [3.05, 3.63) is 59.7 Å². The number of hydrogen-bond donors (Lipinski definition) is 2. The molecule has 7 heteroatoms. The van der Waals surface area contributed by atoms with Crippen molar-refractivity contribution in [1.29, 1.82) is 0 Å². The lowest BCUT2D eigenvalue weighted by atomic mass is 10.1. The first-order valence-corrected chi connectivity index (χ1v) is 8.47. The van der Waals surface area contributed by atoms with Gasteiger partial charge < -0.3 is 10.1 Å². The summed E-state index contributed by atoms with van der Waals surface area (Å²) < 4.78 is 32.3. The van der Waals surface area contributed by atoms with E-state index in [0.29, 0.717) is 5.56 Å². The van der Waals surface area contributed by atoms with Crippen LogP contribution in [0, 0.1) is 11.6 Å². The van der Waals surface area contributed by atoms with Crippen LogP contribution in [0.25, 0.3) is 0 Å². The van der Waals surface area contributed by atoms with Crippen LogP contribution < -0.4 is 10.6 Å². The molecule has 144 valence electrons. The number of ether oxygens (including phenoxy) is 1. The van der Waals surface area contributed by atoms with Gasteiger partial charge in [-0.15, -0.1) is 0 Å². The minimum Gasteiger partial charge on any atom is -0.444 e. The Kier molecular flexibility index (Phi) is 6.50. The predicted octanol–water partition coefficient (Wildman–Crippen LogP) is 4.88. The van der Waals surface area contributed by atoms with E-state index < -0.39 is 23.4 Å². The number of carbonyl (C=O) groups is 2. The van der Waals surface area contributed by atoms with E-state index in [-0.39, 0.29) is 30.0 Å². The second kappa shape index (κ2) is 8.62. The largest absolute Gasteiger partial charge is 0.444 e. The number of benzene rings is 2. The van der Waals surface area contributed by atoms with Crippen LogP contribution in [-0.4, -0.2) is 17.6 Å². The summed E-state index contributed by atoms with van der Waals surface area (Å²) in [4.78, 5) is 24.1. The van der Waals surface area contributed by atoms with Crippen molar-refractivity contribution in [2.24, 2.45) is 0 Å². The Morgan fingerprint density at radius 2 is 1.70 bits per heavy atom. The smallest absolute Gasteiger partial charge is 0.412 e. The molecule has 0 atom stereocenters. The van der Waals surface area contributed by atoms with Crippen LogP contribution in [0.2, 0.25) is 0 Å². The fourth-order valence-electron chi connectivity index (χ4n) is 2.30. The molecule has 27 heavy (non-hydrogen) atoms. The van der Waals surface area contributed by atoms with E-state index in [1.807, 2.05) is 0 Å². The third kappa shape index (κ3) is 6.69. The Morgan fingerprint density at radius 3 is 2.37 bits per heavy atom. The molecule has 0 heterocycles. The number of hydrogen-bond acceptors (Lipinski definition) is 3. The molecule has 0 aliphatic carbocycles. The molecule has 5 nitrogen and oxygen atoms in total. The van der Waals surface area contributed by atoms with Crippen molar-refractivity contribution in [2.75, 3.05) is 10.6 Å². The standard InChI is InChI=1S/C20H22F2N2O3/c1-20(2,3)27-19(26)24-16-10-9-14(21)12-17(16)23-18(25)11-8-13-6-4-5-7-15(13)22/h4-7,9-10,12H,8,11H2,1-3H3,(H,23,25)(H,24,26). The SMILES string of the molecule is CC(C)(C)OC(=O)Nc1ccc(F)cc1NC(=O)CCc1ccccc1F. The number of amides is 2. The van der Waals surface area contributed by atoms with Gasteiger partial charge in [-0.2, -0.15) is 0 Å². The summed E-state index contributed by atoms with van der Waals surface area (Å²) >= 11 is 0. The van der Waals surface area contributed by atoms with Gasteiger partial charge in [-0.3, -0.25) is 10.1 Å². The number of halogens is 2. The van der Waals surface area contributed by atoms with Gasteiger partial charge >= 0.3 is 6.09 Å². The zero-order chi connectivity index (χ0) is 20.0. The average molecular weight is 376 g/mol. The molecule has 0 unspecified atom stereocenters. The number of carbonyl (C=O) groups excluding carboxylic acids is 2. The van der Waals surface area contributed by atoms with Crippen molar-refractivity contribution in [2.45, 2.75) is 39.2 Å². The van der Waals surface area contributed by atoms with Gasteiger partial charge in [0.25, 0.3) is 0 Å². The highest BCUT2D eigenvalue weighted by molar-refractivity contribution is 5.97. The highest BCUT2D eigenvalue weighted by Crippen LogP contribution is 2.24. The molecule has 0 bridgehead atoms. The molecule has 0 radical (unpaired) electrons. The maximum absolute atomic E-state index is 13.6. The van der Waals surface area contributed by atoms with Gasteiger partial charge in [0.15, 0.2) is 0 Å². The zero-order valence-electron chi connectivity index (χ0n) is 15.4. The maximum Gasteiger partial charge on any atom is 0.412 e. The van der Waals surface area contributed by atoms with E-state index in [1.165, 1.54) is 12.1 Å². The summed E-state index contributed by atoms with van der Waals surface area (Å²) in [5.74, 6) is -1.39. The van der Waals surface area contributed by atoms with E-state index >= 15 is 0 Å². The molecular weight excluding hydrogens is 354 g/mol. The van der Waals surface area contributed by atoms with E-state index in [9.17, 15) is 18.4 Å². The molecule has 0 aliphatic heterocycles. The first kappa shape index (κ1) is 20.4. The molecule has 0 spiro atoms. The summed E-state index contributed by atoms with van der Waals surface area (Å²) in [5, 5.41) is 5.02. The van der Waals surface area contributed by atoms with Gasteiger partial charge in [-0.25, -0.2) is 13.6 Å². The van der Waals surface area contributed by atoms with Gasteiger partial charge in [-0.05, 0) is 57.0 Å². The summed E-state index contributed by atoms with van der Waals surface area (Å²) in [6.45, 7) is 5.13. The molecule has 2 N–H and O–H groups in total. The highest BCUT2D eigenvalue weighted by Gasteiger charge is 2.18. The Hall–Kier alpha value is -2.96. The molecule has 0 aliphatic rings. The van der Waals surface area contributed by atoms with Gasteiger partial charge in [0.05, 0.1) is 11.4 Å². The Morgan fingerprint density at radius 1 is 1.00 bits per heavy atom. The van der Waals surface area contributed by atoms with Gasteiger partial charge in [0, 0.05) is 6.42 Å². The van der Waals surface area contributed by atoms with Crippen molar-refractivity contribution in [1.82, 2.24) is 0 Å². The summed E-state index contributed by atoms with van der Waals surface area (Å²) in [7, 11) is 0. The normalized spacial score (nSPS) is 11.0. The van der Waals surface area contributed by atoms with Crippen LogP contribution in [0.4, 0.5) is 25.0 Å². The first-order chi connectivity index (χ1) is 12.6. The van der Waals surface area contributed by atoms with E-state index in [0.717, 1.165) is 12.1 Å². The first-order valence-electron chi connectivity index (χ1n) is 8.47. The molecular formula is C20H22F2N2O3. The molecule has 2 rings (SSSR count). The zero-order valence-corrected chi connectivity index (χ0v) is 15.4. The van der Waals surface area contributed by atoms with E-state index in [4.69, 9.17) is 4.74 Å². The average Bonchev–Trinajstić information content (AvgIpc) is 2.55. The van der Waals surface area contributed by atoms with Crippen LogP contribution in [0.3, 0.4) is 0 Å². The van der Waals surface area contributed by atoms with Crippen molar-refractivity contribution in [3.63, 3.8) is 0 Å². The predicted molar refractivity (Wildman–Crippen MR) is 99.6 cm³/mol. The molecule has 2 aromatic rings. The molecule has 0 saturated heterocycles. The third-order valence-electron chi connectivity index (χ3n) is 3.47. The van der Waals surface area contributed by atoms with E-state index in [1.54, 1.807) is 39.0 Å². The number of anilines is 2. The minimum absolute atomic E-state index is 0.00330. The van der Waals surface area contributed by atoms with Crippen molar-refractivity contribution < 1.29 is 23.1 Å². The lowest BCUT2D eigenvalue weighted by Crippen LogP contribution is -2.27. The van der Waals surface area contributed by atoms with Crippen LogP contribution in [0.1, 0.15) is 32.8 Å². The second-order valence-electron chi connectivity index (χ2n) is 6.96. The third-order valence-corrected chi connectivity index (χ3v) is 3.47. The van der Waals surface area contributed by atoms with Crippen LogP contribution in [0.5, 0.6) is 0 Å². The van der Waals surface area contributed by atoms with Gasteiger partial charge in [-0.1, -0.05) is 18.2 Å². The van der Waals surface area contributed by atoms with Crippen LogP contribution in [-0.2, 0) is 16.0 Å². The highest BCUT2D eigenvalue weighted by atomic mass is 19.1. The molecule has 0 fully saturated rings. The van der Waals surface area contributed by atoms with Crippen molar-refractivity contribution in [3.8, 4) is 0 Å². The maximum atomic E-state index is 13.6. The lowest BCUT2D eigenvalue weighted by Gasteiger charge is -2.20. The number of nitrogens with one attached hydrogen (secondary N) is 2. The van der Waals surface area contributed by atoms with Gasteiger partial charge in [0.1, 0.15) is 17.2 Å². The summed E-state index contributed by atoms with van der Waals surface area (Å²) in [5.41, 5.74) is 0.0103. The molecule has 2 aromatic carbocycles. The Balaban J connectivity index is 2.04. The topological polar surface area (TPSA) is 67.4 Å². The summed E-state index contributed by atoms with van der Waals surface area (Å²) in [6.07, 6.45) is -0.526. The Bertz CT molecular complexity index is 832. The quantitative estimate of drug-likeness (QED) is 0.781. The fraction of sp³-hybridized carbons (Fsp3) is 0.300. The second-order valence-corrected chi connectivity index (χ2v) is 6.96. The van der Waals surface area contributed by atoms with Crippen LogP contribution in [0.15, 0.2) is 42.5 Å². The van der Waals surface area contributed by atoms with Crippen molar-refractivity contribution >= 4 is 23.4 Å². The summed E-state index contributed by atoms with van der Waals surface area (Å²) in [6, 6.07) is 9.75.